The van der Waals surface area contributed by atoms with Gasteiger partial charge in [-0.2, -0.15) is 16.7 Å². The van der Waals surface area contributed by atoms with Crippen LogP contribution in [0.25, 0.3) is 0 Å². The summed E-state index contributed by atoms with van der Waals surface area (Å²) in [6.45, 7) is 7.22. The molecule has 5 nitrogen and oxygen atoms in total. The van der Waals surface area contributed by atoms with Gasteiger partial charge in [-0.05, 0) is 37.6 Å². The highest BCUT2D eigenvalue weighted by atomic mass is 32.2. The second kappa shape index (κ2) is 8.64. The number of piperidine rings is 1. The molecule has 6 heteroatoms. The Morgan fingerprint density at radius 2 is 2.20 bits per heavy atom. The van der Waals surface area contributed by atoms with Crippen molar-refractivity contribution < 1.29 is 9.26 Å². The van der Waals surface area contributed by atoms with Gasteiger partial charge in [0.1, 0.15) is 0 Å². The van der Waals surface area contributed by atoms with Gasteiger partial charge in [-0.3, -0.25) is 0 Å². The van der Waals surface area contributed by atoms with Crippen LogP contribution in [0.4, 0.5) is 0 Å². The number of hydrogen-bond acceptors (Lipinski definition) is 6. The van der Waals surface area contributed by atoms with Gasteiger partial charge in [-0.15, -0.1) is 0 Å². The monoisotopic (exact) mass is 299 g/mol. The summed E-state index contributed by atoms with van der Waals surface area (Å²) in [5.41, 5.74) is 0. The molecule has 1 aromatic rings. The number of nitrogens with one attached hydrogen (secondary N) is 1. The van der Waals surface area contributed by atoms with E-state index in [-0.39, 0.29) is 0 Å². The van der Waals surface area contributed by atoms with Crippen molar-refractivity contribution in [1.29, 1.82) is 0 Å². The van der Waals surface area contributed by atoms with Gasteiger partial charge in [0.15, 0.2) is 5.82 Å². The Bertz CT molecular complexity index is 378. The molecule has 1 aliphatic heterocycles. The van der Waals surface area contributed by atoms with Crippen molar-refractivity contribution in [3.05, 3.63) is 11.7 Å². The molecule has 0 aliphatic carbocycles. The zero-order valence-corrected chi connectivity index (χ0v) is 13.2. The summed E-state index contributed by atoms with van der Waals surface area (Å²) >= 11 is 1.85. The summed E-state index contributed by atoms with van der Waals surface area (Å²) < 4.78 is 11.1. The molecule has 0 bridgehead atoms. The average Bonchev–Trinajstić information content (AvgIpc) is 2.87. The quantitative estimate of drug-likeness (QED) is 0.794. The second-order valence-corrected chi connectivity index (χ2v) is 6.61. The lowest BCUT2D eigenvalue weighted by atomic mass is 10.1. The van der Waals surface area contributed by atoms with Crippen molar-refractivity contribution in [2.75, 3.05) is 25.4 Å². The predicted molar refractivity (Wildman–Crippen MR) is 80.8 cm³/mol. The van der Waals surface area contributed by atoms with Gasteiger partial charge < -0.3 is 14.6 Å². The summed E-state index contributed by atoms with van der Waals surface area (Å²) in [5.74, 6) is 4.15. The van der Waals surface area contributed by atoms with Gasteiger partial charge in [-0.25, -0.2) is 0 Å². The first kappa shape index (κ1) is 15.8. The molecule has 0 radical (unpaired) electrons. The first-order chi connectivity index (χ1) is 9.74. The Morgan fingerprint density at radius 3 is 2.95 bits per heavy atom. The molecule has 0 atom stereocenters. The van der Waals surface area contributed by atoms with Gasteiger partial charge in [0.05, 0.1) is 24.9 Å². The van der Waals surface area contributed by atoms with E-state index in [9.17, 15) is 0 Å². The Labute approximate surface area is 125 Å². The maximum atomic E-state index is 5.84. The van der Waals surface area contributed by atoms with Gasteiger partial charge in [0.25, 0.3) is 0 Å². The van der Waals surface area contributed by atoms with Crippen molar-refractivity contribution in [1.82, 2.24) is 15.5 Å². The van der Waals surface area contributed by atoms with Crippen LogP contribution in [-0.4, -0.2) is 41.7 Å². The number of thioether (sulfide) groups is 1. The van der Waals surface area contributed by atoms with E-state index in [0.29, 0.717) is 30.9 Å². The largest absolute Gasteiger partial charge is 0.378 e. The minimum atomic E-state index is 0.389. The normalized spacial score (nSPS) is 16.9. The topological polar surface area (TPSA) is 60.2 Å². The van der Waals surface area contributed by atoms with Crippen molar-refractivity contribution >= 4 is 11.8 Å². The van der Waals surface area contributed by atoms with E-state index < -0.39 is 0 Å². The van der Waals surface area contributed by atoms with Gasteiger partial charge in [0.2, 0.25) is 5.89 Å². The number of nitrogens with zero attached hydrogens (tertiary/aromatic N) is 2. The number of rotatable bonds is 8. The highest BCUT2D eigenvalue weighted by Crippen LogP contribution is 2.13. The zero-order valence-electron chi connectivity index (χ0n) is 12.4. The van der Waals surface area contributed by atoms with Crippen LogP contribution < -0.4 is 5.32 Å². The lowest BCUT2D eigenvalue weighted by molar-refractivity contribution is 0.0322. The summed E-state index contributed by atoms with van der Waals surface area (Å²) in [4.78, 5) is 4.40. The van der Waals surface area contributed by atoms with Gasteiger partial charge in [-0.1, -0.05) is 19.0 Å². The van der Waals surface area contributed by atoms with Crippen molar-refractivity contribution in [3.8, 4) is 0 Å². The third kappa shape index (κ3) is 5.81. The molecule has 20 heavy (non-hydrogen) atoms. The SMILES string of the molecule is CC(C)CSCc1noc(CCOC2CCNCC2)n1. The van der Waals surface area contributed by atoms with E-state index in [2.05, 4.69) is 29.3 Å². The standard InChI is InChI=1S/C14H25N3O2S/c1-11(2)9-20-10-13-16-14(19-17-13)5-8-18-12-3-6-15-7-4-12/h11-12,15H,3-10H2,1-2H3. The van der Waals surface area contributed by atoms with Crippen LogP contribution in [0.3, 0.4) is 0 Å². The third-order valence-corrected chi connectivity index (χ3v) is 4.51. The van der Waals surface area contributed by atoms with Crippen LogP contribution in [0.15, 0.2) is 4.52 Å². The highest BCUT2D eigenvalue weighted by Gasteiger charge is 2.14. The van der Waals surface area contributed by atoms with Gasteiger partial charge in [0, 0.05) is 0 Å². The molecular formula is C14H25N3O2S. The summed E-state index contributed by atoms with van der Waals surface area (Å²) in [6.07, 6.45) is 3.30. The molecular weight excluding hydrogens is 274 g/mol. The van der Waals surface area contributed by atoms with E-state index in [1.807, 2.05) is 11.8 Å². The second-order valence-electron chi connectivity index (χ2n) is 5.58. The first-order valence-electron chi connectivity index (χ1n) is 7.45. The summed E-state index contributed by atoms with van der Waals surface area (Å²) in [7, 11) is 0. The molecule has 1 aromatic heterocycles. The molecule has 1 aliphatic rings. The van der Waals surface area contributed by atoms with Crippen LogP contribution in [0.2, 0.25) is 0 Å². The highest BCUT2D eigenvalue weighted by molar-refractivity contribution is 7.98. The van der Waals surface area contributed by atoms with Gasteiger partial charge >= 0.3 is 0 Å². The molecule has 2 rings (SSSR count). The molecule has 0 aromatic carbocycles. The van der Waals surface area contributed by atoms with Crippen LogP contribution in [0.1, 0.15) is 38.4 Å². The van der Waals surface area contributed by atoms with Crippen molar-refractivity contribution in [2.45, 2.75) is 45.0 Å². The Hall–Kier alpha value is -0.590. The minimum Gasteiger partial charge on any atom is -0.378 e. The average molecular weight is 299 g/mol. The van der Waals surface area contributed by atoms with Crippen LogP contribution in [-0.2, 0) is 16.9 Å². The fraction of sp³-hybridized carbons (Fsp3) is 0.857. The van der Waals surface area contributed by atoms with E-state index in [1.165, 1.54) is 0 Å². The maximum absolute atomic E-state index is 5.84. The lowest BCUT2D eigenvalue weighted by Gasteiger charge is -2.22. The predicted octanol–water partition coefficient (Wildman–Crippen LogP) is 2.27. The van der Waals surface area contributed by atoms with Crippen LogP contribution in [0, 0.1) is 5.92 Å². The first-order valence-corrected chi connectivity index (χ1v) is 8.61. The minimum absolute atomic E-state index is 0.389. The summed E-state index contributed by atoms with van der Waals surface area (Å²) in [5, 5.41) is 7.34. The third-order valence-electron chi connectivity index (χ3n) is 3.15. The number of hydrogen-bond donors (Lipinski definition) is 1. The van der Waals surface area contributed by atoms with E-state index >= 15 is 0 Å². The fourth-order valence-corrected chi connectivity index (χ4v) is 3.00. The van der Waals surface area contributed by atoms with Crippen LogP contribution in [0.5, 0.6) is 0 Å². The smallest absolute Gasteiger partial charge is 0.228 e. The number of aromatic nitrogens is 2. The van der Waals surface area contributed by atoms with E-state index in [0.717, 1.165) is 43.3 Å². The molecule has 1 fully saturated rings. The Balaban J connectivity index is 1.62. The fourth-order valence-electron chi connectivity index (χ4n) is 2.11. The molecule has 1 N–H and O–H groups in total. The van der Waals surface area contributed by atoms with E-state index in [4.69, 9.17) is 9.26 Å². The molecule has 0 saturated carbocycles. The van der Waals surface area contributed by atoms with Crippen molar-refractivity contribution in [3.63, 3.8) is 0 Å². The molecule has 114 valence electrons. The Kier molecular flexibility index (Phi) is 6.82. The van der Waals surface area contributed by atoms with Crippen molar-refractivity contribution in [2.24, 2.45) is 5.92 Å². The molecule has 0 amide bonds. The van der Waals surface area contributed by atoms with E-state index in [1.54, 1.807) is 0 Å². The molecule has 2 heterocycles. The zero-order chi connectivity index (χ0) is 14.2. The molecule has 0 unspecified atom stereocenters. The molecule has 0 spiro atoms. The molecule has 1 saturated heterocycles. The van der Waals surface area contributed by atoms with Crippen LogP contribution >= 0.6 is 11.8 Å². The number of ether oxygens (including phenoxy) is 1. The maximum Gasteiger partial charge on any atom is 0.228 e. The Morgan fingerprint density at radius 1 is 1.40 bits per heavy atom. The lowest BCUT2D eigenvalue weighted by Crippen LogP contribution is -2.32. The summed E-state index contributed by atoms with van der Waals surface area (Å²) in [6, 6.07) is 0.